The van der Waals surface area contributed by atoms with Crippen molar-refractivity contribution in [3.63, 3.8) is 0 Å². The third kappa shape index (κ3) is 26.2. The van der Waals surface area contributed by atoms with Gasteiger partial charge in [-0.3, -0.25) is 9.59 Å². The summed E-state index contributed by atoms with van der Waals surface area (Å²) in [5.41, 5.74) is 2.53. The molecule has 16 nitrogen and oxygen atoms in total. The van der Waals surface area contributed by atoms with E-state index < -0.39 is 30.2 Å². The predicted octanol–water partition coefficient (Wildman–Crippen LogP) is 6.22. The summed E-state index contributed by atoms with van der Waals surface area (Å²) in [5, 5.41) is 14.2. The van der Waals surface area contributed by atoms with Gasteiger partial charge in [0, 0.05) is 45.2 Å². The minimum Gasteiger partial charge on any atom is -0.445 e. The fourth-order valence-electron chi connectivity index (χ4n) is 6.27. The molecule has 0 aliphatic rings. The van der Waals surface area contributed by atoms with E-state index in [1.54, 1.807) is 0 Å². The van der Waals surface area contributed by atoms with E-state index >= 15 is 0 Å². The minimum absolute atomic E-state index is 0.0185. The van der Waals surface area contributed by atoms with E-state index in [0.29, 0.717) is 97.8 Å². The second-order valence-corrected chi connectivity index (χ2v) is 15.0. The minimum atomic E-state index is -0.940. The zero-order chi connectivity index (χ0) is 45.7. The van der Waals surface area contributed by atoms with E-state index in [1.165, 1.54) is 0 Å². The summed E-state index contributed by atoms with van der Waals surface area (Å²) in [6, 6.07) is 26.9. The second-order valence-electron chi connectivity index (χ2n) is 15.0. The van der Waals surface area contributed by atoms with E-state index in [4.69, 9.17) is 28.4 Å². The Morgan fingerprint density at radius 1 is 0.469 bits per heavy atom. The Labute approximate surface area is 378 Å². The average molecular weight is 892 g/mol. The zero-order valence-corrected chi connectivity index (χ0v) is 37.4. The molecule has 0 bridgehead atoms. The van der Waals surface area contributed by atoms with Crippen molar-refractivity contribution in [3.8, 4) is 0 Å². The molecule has 0 unspecified atom stereocenters. The van der Waals surface area contributed by atoms with Gasteiger partial charge in [0.1, 0.15) is 19.8 Å². The molecule has 0 aliphatic carbocycles. The van der Waals surface area contributed by atoms with Gasteiger partial charge in [-0.05, 0) is 75.2 Å². The molecule has 16 heteroatoms. The van der Waals surface area contributed by atoms with Crippen LogP contribution in [0.4, 0.5) is 14.4 Å². The molecule has 0 heterocycles. The molecule has 0 aromatic heterocycles. The summed E-state index contributed by atoms with van der Waals surface area (Å²) in [6.45, 7) is 5.14. The number of rotatable bonds is 35. The van der Waals surface area contributed by atoms with Crippen molar-refractivity contribution in [1.82, 2.24) is 26.6 Å². The van der Waals surface area contributed by atoms with Gasteiger partial charge >= 0.3 is 18.3 Å². The van der Waals surface area contributed by atoms with Crippen LogP contribution in [0.15, 0.2) is 91.0 Å². The largest absolute Gasteiger partial charge is 0.445 e. The quantitative estimate of drug-likeness (QED) is 0.0331. The molecule has 0 fully saturated rings. The third-order valence-corrected chi connectivity index (χ3v) is 9.80. The molecule has 0 aliphatic heterocycles. The van der Waals surface area contributed by atoms with Gasteiger partial charge in [-0.25, -0.2) is 14.4 Å². The molecule has 5 N–H and O–H groups in total. The smallest absolute Gasteiger partial charge is 0.408 e. The monoisotopic (exact) mass is 891 g/mol. The summed E-state index contributed by atoms with van der Waals surface area (Å²) in [7, 11) is 1.91. The van der Waals surface area contributed by atoms with Crippen LogP contribution in [0, 0.1) is 5.92 Å². The number of amides is 4. The number of carbonyl (C=O) groups is 5. The molecule has 0 saturated heterocycles. The summed E-state index contributed by atoms with van der Waals surface area (Å²) in [6.07, 6.45) is 2.22. The van der Waals surface area contributed by atoms with Crippen LogP contribution >= 0.6 is 0 Å². The predicted molar refractivity (Wildman–Crippen MR) is 242 cm³/mol. The number of ketones is 1. The van der Waals surface area contributed by atoms with E-state index in [0.717, 1.165) is 29.7 Å². The standard InChI is InChI=1S/C48H69N5O11/c1-49-25-15-29-59-31-33-61-34-32-60-30-16-28-50-45(55)42(23-11-13-26-51-46(56)62-36-39-17-5-2-6-18-39)35-44(54)43(53-48(58)64-38-41-21-9-4-10-22-41)24-12-14-27-52-47(57)63-37-40-19-7-3-8-20-40/h2-10,17-22,42-43,49H,11-16,23-38H2,1H3,(H,50,55)(H,51,56)(H,52,57)(H,53,58)/t42-,43+/m1/s1. The first kappa shape index (κ1) is 52.8. The maximum Gasteiger partial charge on any atom is 0.408 e. The van der Waals surface area contributed by atoms with E-state index in [9.17, 15) is 24.0 Å². The Morgan fingerprint density at radius 2 is 0.891 bits per heavy atom. The average Bonchev–Trinajstić information content (AvgIpc) is 3.32. The van der Waals surface area contributed by atoms with Crippen molar-refractivity contribution in [2.75, 3.05) is 72.9 Å². The van der Waals surface area contributed by atoms with Crippen LogP contribution < -0.4 is 26.6 Å². The molecular weight excluding hydrogens is 823 g/mol. The molecule has 0 radical (unpaired) electrons. The van der Waals surface area contributed by atoms with Crippen LogP contribution in [-0.4, -0.2) is 109 Å². The Kier molecular flexibility index (Phi) is 28.8. The Bertz CT molecular complexity index is 1710. The first-order chi connectivity index (χ1) is 31.3. The lowest BCUT2D eigenvalue weighted by Gasteiger charge is -2.21. The van der Waals surface area contributed by atoms with Crippen molar-refractivity contribution >= 4 is 30.0 Å². The topological polar surface area (TPSA) is 201 Å². The lowest BCUT2D eigenvalue weighted by molar-refractivity contribution is -0.130. The zero-order valence-electron chi connectivity index (χ0n) is 37.4. The number of hydrogen-bond donors (Lipinski definition) is 5. The summed E-state index contributed by atoms with van der Waals surface area (Å²) < 4.78 is 32.7. The van der Waals surface area contributed by atoms with E-state index in [2.05, 4.69) is 26.6 Å². The highest BCUT2D eigenvalue weighted by molar-refractivity contribution is 5.91. The number of Topliss-reactive ketones (excluding diaryl/α,β-unsaturated/α-hetero) is 1. The van der Waals surface area contributed by atoms with Crippen molar-refractivity contribution in [2.45, 2.75) is 83.6 Å². The lowest BCUT2D eigenvalue weighted by Crippen LogP contribution is -2.43. The fraction of sp³-hybridized carbons (Fsp3) is 0.521. The van der Waals surface area contributed by atoms with Crippen LogP contribution in [0.25, 0.3) is 0 Å². The van der Waals surface area contributed by atoms with Crippen molar-refractivity contribution in [1.29, 1.82) is 0 Å². The molecule has 0 saturated carbocycles. The van der Waals surface area contributed by atoms with Crippen LogP contribution in [0.2, 0.25) is 0 Å². The maximum atomic E-state index is 14.0. The maximum absolute atomic E-state index is 14.0. The highest BCUT2D eigenvalue weighted by Gasteiger charge is 2.28. The van der Waals surface area contributed by atoms with Crippen LogP contribution in [0.1, 0.15) is 74.5 Å². The Balaban J connectivity index is 1.51. The first-order valence-electron chi connectivity index (χ1n) is 22.4. The summed E-state index contributed by atoms with van der Waals surface area (Å²) in [4.78, 5) is 65.1. The third-order valence-electron chi connectivity index (χ3n) is 9.80. The Hall–Kier alpha value is -5.55. The SMILES string of the molecule is CNCCCOCCOCCOCCCNC(=O)[C@H](CCCCNC(=O)OCc1ccccc1)CC(=O)[C@H](CCCCNC(=O)OCc1ccccc1)NC(=O)OCc1ccccc1. The normalized spacial score (nSPS) is 11.8. The number of unbranched alkanes of at least 4 members (excludes halogenated alkanes) is 2. The number of nitrogens with one attached hydrogen (secondary N) is 5. The van der Waals surface area contributed by atoms with Gasteiger partial charge in [-0.15, -0.1) is 0 Å². The van der Waals surface area contributed by atoms with Gasteiger partial charge in [0.25, 0.3) is 0 Å². The summed E-state index contributed by atoms with van der Waals surface area (Å²) >= 11 is 0. The van der Waals surface area contributed by atoms with Gasteiger partial charge in [0.15, 0.2) is 5.78 Å². The van der Waals surface area contributed by atoms with Crippen LogP contribution in [-0.2, 0) is 57.8 Å². The number of benzene rings is 3. The van der Waals surface area contributed by atoms with E-state index in [1.807, 2.05) is 98.0 Å². The van der Waals surface area contributed by atoms with E-state index in [-0.39, 0.29) is 44.4 Å². The molecule has 3 aromatic rings. The number of hydrogen-bond acceptors (Lipinski definition) is 12. The molecular formula is C48H69N5O11. The number of ether oxygens (including phenoxy) is 6. The van der Waals surface area contributed by atoms with Crippen molar-refractivity contribution in [2.24, 2.45) is 5.92 Å². The molecule has 4 amide bonds. The highest BCUT2D eigenvalue weighted by Crippen LogP contribution is 2.17. The number of carbonyl (C=O) groups excluding carboxylic acids is 5. The summed E-state index contributed by atoms with van der Waals surface area (Å²) in [5.74, 6) is -1.30. The number of alkyl carbamates (subject to hydrolysis) is 3. The van der Waals surface area contributed by atoms with Gasteiger partial charge in [0.05, 0.1) is 32.5 Å². The molecule has 2 atom stereocenters. The Morgan fingerprint density at radius 3 is 1.38 bits per heavy atom. The van der Waals surface area contributed by atoms with Crippen molar-refractivity contribution < 1.29 is 52.4 Å². The second kappa shape index (κ2) is 34.9. The van der Waals surface area contributed by atoms with Gasteiger partial charge in [-0.2, -0.15) is 0 Å². The molecule has 0 spiro atoms. The van der Waals surface area contributed by atoms with Crippen LogP contribution in [0.3, 0.4) is 0 Å². The van der Waals surface area contributed by atoms with Crippen molar-refractivity contribution in [3.05, 3.63) is 108 Å². The van der Waals surface area contributed by atoms with Gasteiger partial charge in [-0.1, -0.05) is 97.4 Å². The molecule has 3 rings (SSSR count). The lowest BCUT2D eigenvalue weighted by atomic mass is 9.91. The van der Waals surface area contributed by atoms with Gasteiger partial charge < -0.3 is 55.0 Å². The first-order valence-corrected chi connectivity index (χ1v) is 22.4. The molecule has 352 valence electrons. The fourth-order valence-corrected chi connectivity index (χ4v) is 6.27. The van der Waals surface area contributed by atoms with Gasteiger partial charge in [0.2, 0.25) is 5.91 Å². The highest BCUT2D eigenvalue weighted by atomic mass is 16.6. The molecule has 64 heavy (non-hydrogen) atoms. The van der Waals surface area contributed by atoms with Crippen LogP contribution in [0.5, 0.6) is 0 Å². The molecule has 3 aromatic carbocycles.